The first-order chi connectivity index (χ1) is 12.5. The molecule has 0 N–H and O–H groups in total. The van der Waals surface area contributed by atoms with Gasteiger partial charge < -0.3 is 4.90 Å². The van der Waals surface area contributed by atoms with Crippen LogP contribution in [0.25, 0.3) is 0 Å². The molecule has 0 saturated carbocycles. The Labute approximate surface area is 148 Å². The van der Waals surface area contributed by atoms with Crippen molar-refractivity contribution < 1.29 is 14.2 Å². The van der Waals surface area contributed by atoms with Crippen LogP contribution in [0.15, 0.2) is 42.5 Å². The molecule has 0 aromatic heterocycles. The second-order valence-electron chi connectivity index (χ2n) is 6.04. The number of nitro groups is 2. The lowest BCUT2D eigenvalue weighted by Gasteiger charge is -2.35. The van der Waals surface area contributed by atoms with Crippen LogP contribution in [0, 0.1) is 26.0 Å². The maximum atomic E-state index is 13.8. The van der Waals surface area contributed by atoms with Gasteiger partial charge in [-0.25, -0.2) is 4.39 Å². The molecule has 1 saturated heterocycles. The summed E-state index contributed by atoms with van der Waals surface area (Å²) in [6.07, 6.45) is 0. The fourth-order valence-corrected chi connectivity index (χ4v) is 3.05. The van der Waals surface area contributed by atoms with Crippen LogP contribution in [0.2, 0.25) is 0 Å². The first-order valence-electron chi connectivity index (χ1n) is 8.09. The van der Waals surface area contributed by atoms with Gasteiger partial charge in [0.25, 0.3) is 11.4 Å². The van der Waals surface area contributed by atoms with E-state index in [4.69, 9.17) is 0 Å². The maximum Gasteiger partial charge on any atom is 0.299 e. The van der Waals surface area contributed by atoms with E-state index in [-0.39, 0.29) is 17.2 Å². The summed E-state index contributed by atoms with van der Waals surface area (Å²) in [6.45, 7) is 2.74. The van der Waals surface area contributed by atoms with Crippen molar-refractivity contribution in [3.05, 3.63) is 74.1 Å². The lowest BCUT2D eigenvalue weighted by molar-refractivity contribution is -0.393. The number of piperazine rings is 1. The summed E-state index contributed by atoms with van der Waals surface area (Å²) in [7, 11) is 0. The van der Waals surface area contributed by atoms with Crippen molar-refractivity contribution in [3.8, 4) is 0 Å². The zero-order valence-electron chi connectivity index (χ0n) is 13.9. The highest BCUT2D eigenvalue weighted by molar-refractivity contribution is 5.67. The van der Waals surface area contributed by atoms with Crippen LogP contribution in [0.1, 0.15) is 5.56 Å². The van der Waals surface area contributed by atoms with E-state index >= 15 is 0 Å². The fourth-order valence-electron chi connectivity index (χ4n) is 3.05. The van der Waals surface area contributed by atoms with Gasteiger partial charge in [-0.2, -0.15) is 0 Å². The summed E-state index contributed by atoms with van der Waals surface area (Å²) in [5, 5.41) is 22.1. The van der Waals surface area contributed by atoms with Gasteiger partial charge in [0.2, 0.25) is 0 Å². The van der Waals surface area contributed by atoms with E-state index in [2.05, 4.69) is 4.90 Å². The van der Waals surface area contributed by atoms with Crippen LogP contribution in [0.4, 0.5) is 21.5 Å². The summed E-state index contributed by atoms with van der Waals surface area (Å²) in [4.78, 5) is 24.8. The van der Waals surface area contributed by atoms with Crippen molar-refractivity contribution in [1.82, 2.24) is 4.90 Å². The third-order valence-corrected chi connectivity index (χ3v) is 4.43. The predicted octanol–water partition coefficient (Wildman–Crippen LogP) is 2.96. The number of hydrogen-bond acceptors (Lipinski definition) is 6. The van der Waals surface area contributed by atoms with Crippen molar-refractivity contribution in [2.75, 3.05) is 31.1 Å². The number of benzene rings is 2. The Hall–Kier alpha value is -3.07. The van der Waals surface area contributed by atoms with Crippen LogP contribution in [0.5, 0.6) is 0 Å². The number of halogens is 1. The van der Waals surface area contributed by atoms with Crippen molar-refractivity contribution >= 4 is 17.1 Å². The van der Waals surface area contributed by atoms with Crippen LogP contribution in [0.3, 0.4) is 0 Å². The fraction of sp³-hybridized carbons (Fsp3) is 0.294. The maximum absolute atomic E-state index is 13.8. The van der Waals surface area contributed by atoms with E-state index in [0.29, 0.717) is 44.0 Å². The van der Waals surface area contributed by atoms with Gasteiger partial charge in [-0.3, -0.25) is 25.1 Å². The summed E-state index contributed by atoms with van der Waals surface area (Å²) in [5.41, 5.74) is 0.397. The third kappa shape index (κ3) is 3.77. The molecule has 2 aromatic rings. The largest absolute Gasteiger partial charge is 0.363 e. The number of anilines is 1. The molecule has 0 bridgehead atoms. The molecule has 0 spiro atoms. The van der Waals surface area contributed by atoms with Crippen molar-refractivity contribution in [2.24, 2.45) is 0 Å². The lowest BCUT2D eigenvalue weighted by Crippen LogP contribution is -2.46. The number of rotatable bonds is 5. The van der Waals surface area contributed by atoms with Gasteiger partial charge >= 0.3 is 0 Å². The second kappa shape index (κ2) is 7.44. The molecule has 0 aliphatic carbocycles. The Morgan fingerprint density at radius 2 is 1.65 bits per heavy atom. The Balaban J connectivity index is 1.71. The molecular formula is C17H17FN4O4. The normalized spacial score (nSPS) is 15.0. The Kier molecular flexibility index (Phi) is 5.08. The quantitative estimate of drug-likeness (QED) is 0.601. The minimum atomic E-state index is -0.650. The minimum absolute atomic E-state index is 0.249. The van der Waals surface area contributed by atoms with Gasteiger partial charge in [-0.15, -0.1) is 0 Å². The molecule has 3 rings (SSSR count). The first-order valence-corrected chi connectivity index (χ1v) is 8.09. The SMILES string of the molecule is O=[N+]([O-])c1ccc(N2CCN(Cc3ccccc3F)CC2)c([N+](=O)[O-])c1. The number of nitro benzene ring substituents is 2. The van der Waals surface area contributed by atoms with Crippen LogP contribution in [-0.2, 0) is 6.54 Å². The summed E-state index contributed by atoms with van der Waals surface area (Å²) in [5.74, 6) is -0.249. The highest BCUT2D eigenvalue weighted by Crippen LogP contribution is 2.32. The number of non-ortho nitro benzene ring substituents is 1. The van der Waals surface area contributed by atoms with Gasteiger partial charge in [-0.1, -0.05) is 18.2 Å². The van der Waals surface area contributed by atoms with Crippen molar-refractivity contribution in [3.63, 3.8) is 0 Å². The topological polar surface area (TPSA) is 92.8 Å². The van der Waals surface area contributed by atoms with Gasteiger partial charge in [-0.05, 0) is 12.1 Å². The average Bonchev–Trinajstić information content (AvgIpc) is 2.63. The molecule has 2 aromatic carbocycles. The molecule has 8 nitrogen and oxygen atoms in total. The summed E-state index contributed by atoms with van der Waals surface area (Å²) < 4.78 is 13.8. The molecular weight excluding hydrogens is 343 g/mol. The average molecular weight is 360 g/mol. The van der Waals surface area contributed by atoms with Gasteiger partial charge in [0.1, 0.15) is 11.5 Å². The third-order valence-electron chi connectivity index (χ3n) is 4.43. The van der Waals surface area contributed by atoms with E-state index in [1.54, 1.807) is 18.2 Å². The van der Waals surface area contributed by atoms with E-state index in [1.807, 2.05) is 4.90 Å². The molecule has 0 radical (unpaired) electrons. The van der Waals surface area contributed by atoms with E-state index in [1.165, 1.54) is 18.2 Å². The zero-order valence-corrected chi connectivity index (χ0v) is 13.9. The van der Waals surface area contributed by atoms with E-state index < -0.39 is 9.85 Å². The molecule has 9 heteroatoms. The van der Waals surface area contributed by atoms with E-state index in [9.17, 15) is 24.6 Å². The van der Waals surface area contributed by atoms with Crippen LogP contribution in [-0.4, -0.2) is 40.9 Å². The highest BCUT2D eigenvalue weighted by atomic mass is 19.1. The molecule has 0 atom stereocenters. The summed E-state index contributed by atoms with van der Waals surface area (Å²) in [6, 6.07) is 10.3. The highest BCUT2D eigenvalue weighted by Gasteiger charge is 2.26. The van der Waals surface area contributed by atoms with E-state index in [0.717, 1.165) is 6.07 Å². The molecule has 1 aliphatic rings. The molecule has 1 heterocycles. The number of nitrogens with zero attached hydrogens (tertiary/aromatic N) is 4. The Morgan fingerprint density at radius 1 is 0.962 bits per heavy atom. The predicted molar refractivity (Wildman–Crippen MR) is 93.6 cm³/mol. The Morgan fingerprint density at radius 3 is 2.27 bits per heavy atom. The molecule has 0 unspecified atom stereocenters. The minimum Gasteiger partial charge on any atom is -0.363 e. The molecule has 1 aliphatic heterocycles. The smallest absolute Gasteiger partial charge is 0.299 e. The van der Waals surface area contributed by atoms with Crippen molar-refractivity contribution in [2.45, 2.75) is 6.54 Å². The van der Waals surface area contributed by atoms with Crippen LogP contribution >= 0.6 is 0 Å². The second-order valence-corrected chi connectivity index (χ2v) is 6.04. The van der Waals surface area contributed by atoms with Gasteiger partial charge in [0.05, 0.1) is 15.9 Å². The summed E-state index contributed by atoms with van der Waals surface area (Å²) >= 11 is 0. The molecule has 0 amide bonds. The monoisotopic (exact) mass is 360 g/mol. The molecule has 1 fully saturated rings. The van der Waals surface area contributed by atoms with Crippen LogP contribution < -0.4 is 4.90 Å². The number of hydrogen-bond donors (Lipinski definition) is 0. The van der Waals surface area contributed by atoms with Gasteiger partial charge in [0, 0.05) is 44.4 Å². The van der Waals surface area contributed by atoms with Gasteiger partial charge in [0.15, 0.2) is 0 Å². The molecule has 136 valence electrons. The molecule has 26 heavy (non-hydrogen) atoms. The lowest BCUT2D eigenvalue weighted by atomic mass is 10.1. The van der Waals surface area contributed by atoms with Crippen molar-refractivity contribution in [1.29, 1.82) is 0 Å². The zero-order chi connectivity index (χ0) is 18.7. The standard InChI is InChI=1S/C17H17FN4O4/c18-15-4-2-1-3-13(15)12-19-7-9-20(10-8-19)16-6-5-14(21(23)24)11-17(16)22(25)26/h1-6,11H,7-10,12H2. The first kappa shape index (κ1) is 17.7. The Bertz CT molecular complexity index is 837.